The van der Waals surface area contributed by atoms with Crippen LogP contribution in [0.2, 0.25) is 0 Å². The van der Waals surface area contributed by atoms with Gasteiger partial charge < -0.3 is 10.1 Å². The smallest absolute Gasteiger partial charge is 0.383 e. The van der Waals surface area contributed by atoms with Gasteiger partial charge in [0.2, 0.25) is 9.84 Å². The minimum absolute atomic E-state index is 0.0278. The topological polar surface area (TPSA) is 123 Å². The van der Waals surface area contributed by atoms with Crippen molar-refractivity contribution in [3.63, 3.8) is 0 Å². The van der Waals surface area contributed by atoms with Crippen molar-refractivity contribution in [3.05, 3.63) is 180 Å². The molecule has 0 saturated heterocycles. The second kappa shape index (κ2) is 16.5. The van der Waals surface area contributed by atoms with Gasteiger partial charge >= 0.3 is 12.1 Å². The third-order valence-electron chi connectivity index (χ3n) is 9.85. The van der Waals surface area contributed by atoms with Gasteiger partial charge in [-0.05, 0) is 60.0 Å². The van der Waals surface area contributed by atoms with E-state index < -0.39 is 72.1 Å². The van der Waals surface area contributed by atoms with Crippen molar-refractivity contribution < 1.29 is 44.7 Å². The van der Waals surface area contributed by atoms with Gasteiger partial charge in [0, 0.05) is 24.8 Å². The number of alkyl halides is 3. The number of carbonyl (C=O) groups is 2. The fourth-order valence-electron chi connectivity index (χ4n) is 7.28. The van der Waals surface area contributed by atoms with Crippen molar-refractivity contribution in [2.45, 2.75) is 34.5 Å². The van der Waals surface area contributed by atoms with Gasteiger partial charge in [0.25, 0.3) is 5.91 Å². The van der Waals surface area contributed by atoms with Crippen molar-refractivity contribution in [1.29, 1.82) is 0 Å². The lowest BCUT2D eigenvalue weighted by Gasteiger charge is -2.37. The average molecular weight is 840 g/mol. The zero-order valence-corrected chi connectivity index (χ0v) is 32.6. The summed E-state index contributed by atoms with van der Waals surface area (Å²) in [5.74, 6) is -5.80. The summed E-state index contributed by atoms with van der Waals surface area (Å²) in [6.45, 7) is 0.972. The molecule has 0 bridgehead atoms. The van der Waals surface area contributed by atoms with Gasteiger partial charge in [0.1, 0.15) is 17.2 Å². The largest absolute Gasteiger partial charge is 0.471 e. The monoisotopic (exact) mass is 839 g/mol. The van der Waals surface area contributed by atoms with E-state index >= 15 is 0 Å². The molecule has 1 unspecified atom stereocenters. The van der Waals surface area contributed by atoms with Crippen molar-refractivity contribution in [2.75, 3.05) is 23.9 Å². The average Bonchev–Trinajstić information content (AvgIpc) is 3.59. The molecule has 1 atom stereocenters. The second-order valence-corrected chi connectivity index (χ2v) is 15.6. The molecule has 5 aromatic carbocycles. The first-order chi connectivity index (χ1) is 28.7. The highest BCUT2D eigenvalue weighted by atomic mass is 32.2. The first-order valence-corrected chi connectivity index (χ1v) is 19.7. The fourth-order valence-corrected chi connectivity index (χ4v) is 8.61. The van der Waals surface area contributed by atoms with E-state index in [0.29, 0.717) is 39.8 Å². The number of anilines is 2. The molecular weight excluding hydrogens is 806 g/mol. The van der Waals surface area contributed by atoms with E-state index in [-0.39, 0.29) is 23.3 Å². The molecule has 0 aliphatic rings. The number of rotatable bonds is 12. The van der Waals surface area contributed by atoms with Crippen LogP contribution in [0.3, 0.4) is 0 Å². The van der Waals surface area contributed by atoms with Gasteiger partial charge in [-0.15, -0.1) is 0 Å². The predicted molar refractivity (Wildman–Crippen MR) is 213 cm³/mol. The minimum atomic E-state index is -5.34. The zero-order valence-electron chi connectivity index (χ0n) is 31.8. The molecule has 2 aromatic heterocycles. The first-order valence-electron chi connectivity index (χ1n) is 18.2. The third-order valence-corrected chi connectivity index (χ3v) is 11.6. The highest BCUT2D eigenvalue weighted by Crippen LogP contribution is 2.44. The molecule has 0 aliphatic heterocycles. The Bertz CT molecular complexity index is 2690. The molecule has 2 heterocycles. The second-order valence-electron chi connectivity index (χ2n) is 13.7. The normalized spacial score (nSPS) is 12.6. The Hall–Kier alpha value is -6.78. The molecule has 16 heteroatoms. The lowest BCUT2D eigenvalue weighted by atomic mass is 9.77. The van der Waals surface area contributed by atoms with Crippen LogP contribution in [0.1, 0.15) is 34.0 Å². The van der Waals surface area contributed by atoms with Crippen LogP contribution in [-0.4, -0.2) is 60.9 Å². The molecule has 0 fully saturated rings. The summed E-state index contributed by atoms with van der Waals surface area (Å²) in [7, 11) is -3.37. The molecule has 10 nitrogen and oxygen atoms in total. The Morgan fingerprint density at radius 3 is 1.85 bits per heavy atom. The maximum absolute atomic E-state index is 14.4. The fraction of sp³-hybridized carbons (Fsp3) is 0.136. The highest BCUT2D eigenvalue weighted by Gasteiger charge is 2.46. The van der Waals surface area contributed by atoms with Crippen molar-refractivity contribution in [3.8, 4) is 0 Å². The molecule has 7 aromatic rings. The number of methoxy groups -OCH3 is 1. The first kappa shape index (κ1) is 41.4. The van der Waals surface area contributed by atoms with Crippen molar-refractivity contribution in [1.82, 2.24) is 14.8 Å². The van der Waals surface area contributed by atoms with E-state index in [0.717, 1.165) is 18.5 Å². The molecule has 0 spiro atoms. The number of hydrogen-bond donors (Lipinski definition) is 1. The minimum Gasteiger partial charge on any atom is -0.383 e. The molecule has 0 radical (unpaired) electrons. The van der Waals surface area contributed by atoms with Gasteiger partial charge in [-0.3, -0.25) is 19.5 Å². The molecule has 0 aliphatic carbocycles. The van der Waals surface area contributed by atoms with E-state index in [1.54, 1.807) is 4.68 Å². The van der Waals surface area contributed by atoms with E-state index in [4.69, 9.17) is 9.84 Å². The van der Waals surface area contributed by atoms with E-state index in [2.05, 4.69) is 10.3 Å². The van der Waals surface area contributed by atoms with Gasteiger partial charge in [0.05, 0.1) is 45.4 Å². The van der Waals surface area contributed by atoms with Crippen LogP contribution in [0.5, 0.6) is 0 Å². The quantitative estimate of drug-likeness (QED) is 0.0967. The Morgan fingerprint density at radius 2 is 1.33 bits per heavy atom. The van der Waals surface area contributed by atoms with Gasteiger partial charge in [-0.1, -0.05) is 91.0 Å². The summed E-state index contributed by atoms with van der Waals surface area (Å²) < 4.78 is 105. The number of ether oxygens (including phenoxy) is 1. The van der Waals surface area contributed by atoms with Crippen LogP contribution in [-0.2, 0) is 24.9 Å². The Kier molecular flexibility index (Phi) is 11.4. The SMILES string of the molecule is COCC(C)N(C(=O)C(F)(F)F)c1cnccc1C(=O)Nc1nn(C(c2ccccc2)(c2ccccc2)c2ccccc2)c2ccc(S(=O)(=O)c3cc(F)cc(F)c3)cc12. The predicted octanol–water partition coefficient (Wildman–Crippen LogP) is 8.57. The summed E-state index contributed by atoms with van der Waals surface area (Å²) in [5, 5.41) is 7.66. The lowest BCUT2D eigenvalue weighted by molar-refractivity contribution is -0.171. The number of nitrogens with one attached hydrogen (secondary N) is 1. The number of fused-ring (bicyclic) bond motifs is 1. The molecule has 306 valence electrons. The lowest BCUT2D eigenvalue weighted by Crippen LogP contribution is -2.48. The number of nitrogens with zero attached hydrogens (tertiary/aromatic N) is 4. The number of carbonyl (C=O) groups excluding carboxylic acids is 2. The Morgan fingerprint density at radius 1 is 0.783 bits per heavy atom. The number of amides is 2. The summed E-state index contributed by atoms with van der Waals surface area (Å²) in [4.78, 5) is 30.5. The van der Waals surface area contributed by atoms with Crippen LogP contribution >= 0.6 is 0 Å². The van der Waals surface area contributed by atoms with Gasteiger partial charge in [-0.25, -0.2) is 21.9 Å². The van der Waals surface area contributed by atoms with Crippen molar-refractivity contribution >= 4 is 44.1 Å². The van der Waals surface area contributed by atoms with Gasteiger partial charge in [-0.2, -0.15) is 18.3 Å². The summed E-state index contributed by atoms with van der Waals surface area (Å²) in [6, 6.07) is 33.4. The Balaban J connectivity index is 1.51. The van der Waals surface area contributed by atoms with Crippen molar-refractivity contribution in [2.24, 2.45) is 0 Å². The molecule has 2 amide bonds. The number of aromatic nitrogens is 3. The maximum atomic E-state index is 14.4. The molecular formula is C44H34F5N5O5S. The molecule has 0 saturated carbocycles. The number of benzene rings is 5. The molecule has 60 heavy (non-hydrogen) atoms. The highest BCUT2D eigenvalue weighted by molar-refractivity contribution is 7.91. The number of hydrogen-bond acceptors (Lipinski definition) is 7. The maximum Gasteiger partial charge on any atom is 0.471 e. The van der Waals surface area contributed by atoms with E-state index in [1.165, 1.54) is 32.2 Å². The number of halogens is 5. The van der Waals surface area contributed by atoms with Crippen LogP contribution in [0.25, 0.3) is 10.9 Å². The molecule has 1 N–H and O–H groups in total. The standard InChI is InChI=1S/C44H34F5N5O5S/c1-28(27-59-2)53(42(56)44(47,48)49)39-26-50-21-20-36(39)41(55)51-40-37-25-34(60(57,58)35-23-32(45)22-33(46)24-35)18-19-38(37)54(52-40)43(29-12-6-3-7-13-29,30-14-8-4-9-15-30)31-16-10-5-11-17-31/h3-26,28H,27H2,1-2H3,(H,51,52,55). The van der Waals surface area contributed by atoms with E-state index in [9.17, 15) is 40.0 Å². The third kappa shape index (κ3) is 7.62. The number of pyridine rings is 1. The van der Waals surface area contributed by atoms with Gasteiger partial charge in [0.15, 0.2) is 5.82 Å². The number of sulfone groups is 1. The summed E-state index contributed by atoms with van der Waals surface area (Å²) in [6.07, 6.45) is -3.25. The van der Waals surface area contributed by atoms with Crippen LogP contribution in [0.15, 0.2) is 156 Å². The van der Waals surface area contributed by atoms with Crippen LogP contribution < -0.4 is 10.2 Å². The zero-order chi connectivity index (χ0) is 42.8. The summed E-state index contributed by atoms with van der Waals surface area (Å²) >= 11 is 0. The summed E-state index contributed by atoms with van der Waals surface area (Å²) in [5.41, 5.74) is 0.125. The molecule has 7 rings (SSSR count). The Labute approximate surface area is 340 Å². The van der Waals surface area contributed by atoms with Crippen LogP contribution in [0.4, 0.5) is 33.5 Å². The van der Waals surface area contributed by atoms with Crippen LogP contribution in [0, 0.1) is 11.6 Å². The van der Waals surface area contributed by atoms with E-state index in [1.807, 2.05) is 91.0 Å².